The number of aliphatic imine (C=N–C) groups is 1. The number of thioether (sulfide) groups is 1. The maximum absolute atomic E-state index is 5.70. The molecule has 1 aliphatic heterocycles. The van der Waals surface area contributed by atoms with E-state index in [4.69, 9.17) is 5.73 Å². The molecule has 3 heteroatoms. The van der Waals surface area contributed by atoms with E-state index >= 15 is 0 Å². The molecule has 0 saturated heterocycles. The first kappa shape index (κ1) is 8.42. The van der Waals surface area contributed by atoms with Gasteiger partial charge in [-0.15, -0.1) is 0 Å². The number of hydrogen-bond donors (Lipinski definition) is 1. The van der Waals surface area contributed by atoms with Crippen LogP contribution in [0.5, 0.6) is 0 Å². The van der Waals surface area contributed by atoms with Gasteiger partial charge in [-0.05, 0) is 24.7 Å². The molecule has 2 aliphatic rings. The Labute approximate surface area is 78.0 Å². The maximum Gasteiger partial charge on any atom is 0.154 e. The van der Waals surface area contributed by atoms with E-state index in [0.717, 1.165) is 5.17 Å². The number of amidine groups is 1. The summed E-state index contributed by atoms with van der Waals surface area (Å²) in [4.78, 5) is 4.46. The highest BCUT2D eigenvalue weighted by Gasteiger charge is 2.38. The topological polar surface area (TPSA) is 38.4 Å². The molecule has 0 amide bonds. The monoisotopic (exact) mass is 184 g/mol. The minimum absolute atomic E-state index is 0.482. The average molecular weight is 184 g/mol. The number of hydrogen-bond acceptors (Lipinski definition) is 3. The van der Waals surface area contributed by atoms with E-state index in [-0.39, 0.29) is 0 Å². The molecule has 0 spiro atoms. The van der Waals surface area contributed by atoms with Crippen LogP contribution in [0.25, 0.3) is 0 Å². The number of nitrogens with zero attached hydrogens (tertiary/aromatic N) is 1. The Morgan fingerprint density at radius 3 is 3.08 bits per heavy atom. The lowest BCUT2D eigenvalue weighted by atomic mass is 9.75. The molecular weight excluding hydrogens is 168 g/mol. The highest BCUT2D eigenvalue weighted by atomic mass is 32.2. The van der Waals surface area contributed by atoms with Crippen LogP contribution < -0.4 is 5.73 Å². The van der Waals surface area contributed by atoms with Crippen LogP contribution in [-0.4, -0.2) is 16.5 Å². The van der Waals surface area contributed by atoms with E-state index in [1.165, 1.54) is 19.3 Å². The van der Waals surface area contributed by atoms with Crippen molar-refractivity contribution < 1.29 is 0 Å². The van der Waals surface area contributed by atoms with Gasteiger partial charge < -0.3 is 5.73 Å². The minimum Gasteiger partial charge on any atom is -0.379 e. The lowest BCUT2D eigenvalue weighted by Crippen LogP contribution is -2.32. The summed E-state index contributed by atoms with van der Waals surface area (Å²) < 4.78 is 0. The molecule has 68 valence electrons. The Morgan fingerprint density at radius 2 is 2.33 bits per heavy atom. The summed E-state index contributed by atoms with van der Waals surface area (Å²) in [5.41, 5.74) is 6.18. The third kappa shape index (κ3) is 1.47. The zero-order valence-electron chi connectivity index (χ0n) is 7.71. The Balaban J connectivity index is 2.09. The standard InChI is InChI=1S/C9H16N2S/c1-9(2)4-3-7-6(5-9)11-8(10)12-7/h6-7H,3-5H2,1-2H3,(H2,10,11). The van der Waals surface area contributed by atoms with Crippen LogP contribution in [0.1, 0.15) is 33.1 Å². The summed E-state index contributed by atoms with van der Waals surface area (Å²) in [5, 5.41) is 1.50. The third-order valence-corrected chi connectivity index (χ3v) is 4.06. The Hall–Kier alpha value is -0.180. The molecule has 12 heavy (non-hydrogen) atoms. The number of nitrogens with two attached hydrogens (primary N) is 1. The predicted octanol–water partition coefficient (Wildman–Crippen LogP) is 2.00. The van der Waals surface area contributed by atoms with Crippen molar-refractivity contribution >= 4 is 16.9 Å². The molecule has 1 aliphatic carbocycles. The van der Waals surface area contributed by atoms with E-state index < -0.39 is 0 Å². The lowest BCUT2D eigenvalue weighted by Gasteiger charge is -2.35. The molecule has 1 fully saturated rings. The molecule has 0 bridgehead atoms. The van der Waals surface area contributed by atoms with Gasteiger partial charge in [0.1, 0.15) is 0 Å². The molecule has 1 saturated carbocycles. The van der Waals surface area contributed by atoms with Gasteiger partial charge in [0, 0.05) is 5.25 Å². The fraction of sp³-hybridized carbons (Fsp3) is 0.889. The molecule has 0 aromatic heterocycles. The van der Waals surface area contributed by atoms with Gasteiger partial charge in [0.2, 0.25) is 0 Å². The Kier molecular flexibility index (Phi) is 1.86. The van der Waals surface area contributed by atoms with Crippen molar-refractivity contribution in [2.24, 2.45) is 16.1 Å². The van der Waals surface area contributed by atoms with Gasteiger partial charge in [-0.3, -0.25) is 4.99 Å². The largest absolute Gasteiger partial charge is 0.379 e. The molecule has 2 atom stereocenters. The first-order valence-electron chi connectivity index (χ1n) is 4.57. The Morgan fingerprint density at radius 1 is 1.58 bits per heavy atom. The van der Waals surface area contributed by atoms with E-state index in [1.807, 2.05) is 0 Å². The van der Waals surface area contributed by atoms with Crippen LogP contribution in [0.2, 0.25) is 0 Å². The van der Waals surface area contributed by atoms with Crippen molar-refractivity contribution in [3.8, 4) is 0 Å². The van der Waals surface area contributed by atoms with E-state index in [2.05, 4.69) is 18.8 Å². The molecule has 0 aromatic rings. The molecule has 2 nitrogen and oxygen atoms in total. The van der Waals surface area contributed by atoms with Gasteiger partial charge in [-0.2, -0.15) is 0 Å². The summed E-state index contributed by atoms with van der Waals surface area (Å²) in [5.74, 6) is 0. The van der Waals surface area contributed by atoms with Crippen LogP contribution in [0, 0.1) is 5.41 Å². The van der Waals surface area contributed by atoms with Crippen molar-refractivity contribution in [2.45, 2.75) is 44.4 Å². The lowest BCUT2D eigenvalue weighted by molar-refractivity contribution is 0.229. The summed E-state index contributed by atoms with van der Waals surface area (Å²) in [6.07, 6.45) is 3.82. The molecule has 2 rings (SSSR count). The van der Waals surface area contributed by atoms with Crippen molar-refractivity contribution in [1.82, 2.24) is 0 Å². The van der Waals surface area contributed by atoms with Crippen LogP contribution in [-0.2, 0) is 0 Å². The summed E-state index contributed by atoms with van der Waals surface area (Å²) in [7, 11) is 0. The summed E-state index contributed by atoms with van der Waals surface area (Å²) in [6, 6.07) is 0.513. The smallest absolute Gasteiger partial charge is 0.154 e. The highest BCUT2D eigenvalue weighted by molar-refractivity contribution is 8.14. The van der Waals surface area contributed by atoms with Crippen LogP contribution in [0.3, 0.4) is 0 Å². The third-order valence-electron chi connectivity index (χ3n) is 2.86. The SMILES string of the molecule is CC1(C)CCC2SC(N)=NC2C1. The molecule has 1 heterocycles. The second-order valence-electron chi connectivity index (χ2n) is 4.60. The summed E-state index contributed by atoms with van der Waals surface area (Å²) in [6.45, 7) is 4.66. The molecule has 2 unspecified atom stereocenters. The van der Waals surface area contributed by atoms with Crippen molar-refractivity contribution in [1.29, 1.82) is 0 Å². The van der Waals surface area contributed by atoms with E-state index in [9.17, 15) is 0 Å². The van der Waals surface area contributed by atoms with Gasteiger partial charge in [-0.1, -0.05) is 25.6 Å². The molecular formula is C9H16N2S. The van der Waals surface area contributed by atoms with Gasteiger partial charge in [0.15, 0.2) is 5.17 Å². The molecule has 0 radical (unpaired) electrons. The van der Waals surface area contributed by atoms with Gasteiger partial charge in [0.25, 0.3) is 0 Å². The predicted molar refractivity (Wildman–Crippen MR) is 54.4 cm³/mol. The second kappa shape index (κ2) is 2.66. The van der Waals surface area contributed by atoms with Crippen LogP contribution >= 0.6 is 11.8 Å². The van der Waals surface area contributed by atoms with Gasteiger partial charge in [-0.25, -0.2) is 0 Å². The molecule has 2 N–H and O–H groups in total. The number of fused-ring (bicyclic) bond motifs is 1. The fourth-order valence-electron chi connectivity index (χ4n) is 2.14. The second-order valence-corrected chi connectivity index (χ2v) is 5.86. The minimum atomic E-state index is 0.482. The van der Waals surface area contributed by atoms with Gasteiger partial charge in [0.05, 0.1) is 6.04 Å². The van der Waals surface area contributed by atoms with E-state index in [0.29, 0.717) is 16.7 Å². The zero-order valence-corrected chi connectivity index (χ0v) is 8.53. The quantitative estimate of drug-likeness (QED) is 0.625. The van der Waals surface area contributed by atoms with Crippen molar-refractivity contribution in [3.63, 3.8) is 0 Å². The first-order valence-corrected chi connectivity index (χ1v) is 5.45. The molecule has 0 aromatic carbocycles. The normalized spacial score (nSPS) is 39.0. The first-order chi connectivity index (χ1) is 5.57. The maximum atomic E-state index is 5.70. The van der Waals surface area contributed by atoms with Gasteiger partial charge >= 0.3 is 0 Å². The van der Waals surface area contributed by atoms with Crippen LogP contribution in [0.4, 0.5) is 0 Å². The highest BCUT2D eigenvalue weighted by Crippen LogP contribution is 2.43. The number of rotatable bonds is 0. The summed E-state index contributed by atoms with van der Waals surface area (Å²) >= 11 is 1.78. The van der Waals surface area contributed by atoms with Crippen molar-refractivity contribution in [2.75, 3.05) is 0 Å². The van der Waals surface area contributed by atoms with Crippen LogP contribution in [0.15, 0.2) is 4.99 Å². The average Bonchev–Trinajstić information content (AvgIpc) is 2.26. The Bertz CT molecular complexity index is 223. The zero-order chi connectivity index (χ0) is 8.77. The van der Waals surface area contributed by atoms with E-state index in [1.54, 1.807) is 11.8 Å². The fourth-order valence-corrected chi connectivity index (χ4v) is 3.20. The van der Waals surface area contributed by atoms with Crippen molar-refractivity contribution in [3.05, 3.63) is 0 Å².